The molecule has 16 heteroatoms. The fourth-order valence-electron chi connectivity index (χ4n) is 19.3. The van der Waals surface area contributed by atoms with Crippen molar-refractivity contribution in [2.45, 2.75) is 74.0 Å². The summed E-state index contributed by atoms with van der Waals surface area (Å²) >= 11 is 0. The van der Waals surface area contributed by atoms with Crippen molar-refractivity contribution in [2.75, 3.05) is 0 Å². The number of benzene rings is 18. The molecule has 0 saturated heterocycles. The monoisotopic (exact) mass is 1800 g/mol. The first kappa shape index (κ1) is 92.0. The zero-order valence-electron chi connectivity index (χ0n) is 75.4. The molecule has 0 aromatic heterocycles. The van der Waals surface area contributed by atoms with Crippen molar-refractivity contribution in [3.05, 3.63) is 513 Å². The molecule has 0 bridgehead atoms. The van der Waals surface area contributed by atoms with Gasteiger partial charge in [-0.3, -0.25) is 0 Å². The summed E-state index contributed by atoms with van der Waals surface area (Å²) < 4.78 is 0. The van der Waals surface area contributed by atoms with E-state index in [1.807, 2.05) is 222 Å². The topological polar surface area (TPSA) is 324 Å². The third-order valence-electron chi connectivity index (χ3n) is 27.4. The van der Waals surface area contributed by atoms with Gasteiger partial charge in [0.2, 0.25) is 0 Å². The molecule has 16 nitrogen and oxygen atoms in total. The Hall–Kier alpha value is -17.2. The van der Waals surface area contributed by atoms with Gasteiger partial charge in [0, 0.05) is 101 Å². The van der Waals surface area contributed by atoms with E-state index in [9.17, 15) is 81.7 Å². The van der Waals surface area contributed by atoms with Crippen LogP contribution in [-0.4, -0.2) is 81.7 Å². The molecule has 0 fully saturated rings. The maximum atomic E-state index is 10.9. The summed E-state index contributed by atoms with van der Waals surface area (Å²) in [5.41, 5.74) is 15.2. The van der Waals surface area contributed by atoms with Crippen molar-refractivity contribution < 1.29 is 81.7 Å². The molecule has 18 rings (SSSR count). The molecule has 678 valence electrons. The maximum Gasteiger partial charge on any atom is 0.123 e. The first-order valence-electron chi connectivity index (χ1n) is 44.3. The predicted molar refractivity (Wildman–Crippen MR) is 533 cm³/mol. The summed E-state index contributed by atoms with van der Waals surface area (Å²) in [4.78, 5) is 0. The highest BCUT2D eigenvalue weighted by Crippen LogP contribution is 2.54. The lowest BCUT2D eigenvalue weighted by atomic mass is 9.69. The second-order valence-corrected chi connectivity index (χ2v) is 35.3. The van der Waals surface area contributed by atoms with Crippen molar-refractivity contribution in [3.8, 4) is 125 Å². The Morgan fingerprint density at radius 2 is 0.243 bits per heavy atom. The Balaban J connectivity index is 0.000000148. The molecule has 0 aliphatic heterocycles. The molecule has 0 amide bonds. The molecule has 16 N–H and O–H groups in total. The van der Waals surface area contributed by atoms with E-state index in [2.05, 4.69) is 62.4 Å². The zero-order valence-corrected chi connectivity index (χ0v) is 75.4. The average molecular weight is 1800 g/mol. The van der Waals surface area contributed by atoms with E-state index in [0.29, 0.717) is 44.5 Å². The molecule has 136 heavy (non-hydrogen) atoms. The Kier molecular flexibility index (Phi) is 25.4. The van der Waals surface area contributed by atoms with Crippen LogP contribution in [0.1, 0.15) is 142 Å². The fourth-order valence-corrected chi connectivity index (χ4v) is 19.3. The van der Waals surface area contributed by atoms with Gasteiger partial charge in [-0.15, -0.1) is 0 Å². The summed E-state index contributed by atoms with van der Waals surface area (Å²) in [5, 5.41) is 167. The Labute approximate surface area is 789 Å². The van der Waals surface area contributed by atoms with Gasteiger partial charge in [-0.05, 0) is 228 Å². The number of phenols is 16. The van der Waals surface area contributed by atoms with Gasteiger partial charge < -0.3 is 81.7 Å². The van der Waals surface area contributed by atoms with E-state index in [0.717, 1.165) is 89.0 Å². The van der Waals surface area contributed by atoms with Gasteiger partial charge in [0.15, 0.2) is 0 Å². The van der Waals surface area contributed by atoms with Crippen molar-refractivity contribution >= 4 is 0 Å². The van der Waals surface area contributed by atoms with Crippen LogP contribution in [-0.2, 0) is 32.5 Å². The highest BCUT2D eigenvalue weighted by atomic mass is 16.3. The summed E-state index contributed by atoms with van der Waals surface area (Å²) in [5.74, 6) is 0.441. The third kappa shape index (κ3) is 17.5. The summed E-state index contributed by atoms with van der Waals surface area (Å²) in [6, 6.07) is 124. The van der Waals surface area contributed by atoms with E-state index in [1.54, 1.807) is 121 Å². The van der Waals surface area contributed by atoms with Gasteiger partial charge in [0.1, 0.15) is 92.0 Å². The van der Waals surface area contributed by atoms with Crippen molar-refractivity contribution in [3.63, 3.8) is 0 Å². The normalized spacial score (nSPS) is 11.8. The van der Waals surface area contributed by atoms with Crippen LogP contribution < -0.4 is 0 Å². The van der Waals surface area contributed by atoms with Gasteiger partial charge in [-0.2, -0.15) is 0 Å². The molecule has 0 saturated carbocycles. The minimum Gasteiger partial charge on any atom is -0.508 e. The SMILES string of the molecule is CC(c1ccc(-c2ccc(C(C)(c3ccc(O)cc3O)c3ccc(O)cc3O)cc2)cc1)(c1ccc(O)cc1O)c1ccc(O)cc1O.CC(c1ccc(-c2ccc(C(C)(c3ccccc3O)c3ccccc3O)cc2)cc1)(c1ccccc1O)c1ccccc1O.CC(c1ccc(O)cc1)(c1ccc(O)cc1)c1ccc(-c2ccc(C(C)(c3ccc(O)cc3)c3ccc(O)cc3)cc2)cc1. The Morgan fingerprint density at radius 1 is 0.118 bits per heavy atom. The molecule has 18 aromatic rings. The van der Waals surface area contributed by atoms with Gasteiger partial charge in [-0.1, -0.05) is 291 Å². The molecule has 0 aliphatic carbocycles. The smallest absolute Gasteiger partial charge is 0.123 e. The van der Waals surface area contributed by atoms with Gasteiger partial charge >= 0.3 is 0 Å². The average Bonchev–Trinajstić information content (AvgIpc) is 0.754. The van der Waals surface area contributed by atoms with Crippen LogP contribution in [0.2, 0.25) is 0 Å². The van der Waals surface area contributed by atoms with Crippen LogP contribution in [0.4, 0.5) is 0 Å². The largest absolute Gasteiger partial charge is 0.508 e. The summed E-state index contributed by atoms with van der Waals surface area (Å²) in [6.45, 7) is 12.0. The van der Waals surface area contributed by atoms with Crippen LogP contribution in [0, 0.1) is 0 Å². The minimum atomic E-state index is -1.09. The Bertz CT molecular complexity index is 6580. The lowest BCUT2D eigenvalue weighted by molar-refractivity contribution is 0.425. The number of phenolic OH excluding ortho intramolecular Hbond substituents is 16. The lowest BCUT2D eigenvalue weighted by Gasteiger charge is -2.33. The van der Waals surface area contributed by atoms with Crippen molar-refractivity contribution in [2.24, 2.45) is 0 Å². The number of hydrogen-bond donors (Lipinski definition) is 16. The molecule has 0 aliphatic rings. The van der Waals surface area contributed by atoms with E-state index in [4.69, 9.17) is 0 Å². The molecule has 18 aromatic carbocycles. The highest BCUT2D eigenvalue weighted by Gasteiger charge is 2.42. The second kappa shape index (κ2) is 37.6. The first-order valence-corrected chi connectivity index (χ1v) is 44.3. The van der Waals surface area contributed by atoms with Crippen LogP contribution in [0.5, 0.6) is 92.0 Å². The number of rotatable bonds is 21. The highest BCUT2D eigenvalue weighted by molar-refractivity contribution is 5.73. The van der Waals surface area contributed by atoms with Gasteiger partial charge in [0.25, 0.3) is 0 Å². The van der Waals surface area contributed by atoms with E-state index >= 15 is 0 Å². The number of hydrogen-bond acceptors (Lipinski definition) is 16. The standard InChI is InChI=1S/C40H34O8.2C40H34O4/c1-39(31-15-11-27(41)19-35(31)45,32-16-12-28(42)20-36(32)46)25-7-3-23(4-8-25)24-5-9-26(10-6-24)40(2,33-17-13-29(43)21-37(33)47)34-18-14-30(44)22-38(34)48;1-39(31-11-19-35(41)20-12-31,32-13-21-36(42)22-14-32)29-7-3-27(4-8-29)28-5-9-30(10-6-28)40(2,33-15-23-37(43)24-16-33)34-17-25-38(44)26-18-34;1-39(31-11-3-7-15-35(31)41,32-12-4-8-16-36(32)42)29-23-19-27(20-24-29)28-21-25-30(26-22-28)40(2,33-13-5-9-17-37(33)43)34-14-6-10-18-38(34)44/h3-22,41-48H,1-2H3;2*3-26,41-44H,1-2H3. The van der Waals surface area contributed by atoms with E-state index < -0.39 is 32.5 Å². The molecule has 0 heterocycles. The maximum absolute atomic E-state index is 10.9. The van der Waals surface area contributed by atoms with Gasteiger partial charge in [0.05, 0.1) is 0 Å². The molecule has 0 spiro atoms. The van der Waals surface area contributed by atoms with Crippen LogP contribution in [0.15, 0.2) is 413 Å². The first-order chi connectivity index (χ1) is 65.2. The fraction of sp³-hybridized carbons (Fsp3) is 0.100. The summed E-state index contributed by atoms with van der Waals surface area (Å²) in [6.07, 6.45) is 0. The minimum absolute atomic E-state index is 0.107. The summed E-state index contributed by atoms with van der Waals surface area (Å²) in [7, 11) is 0. The van der Waals surface area contributed by atoms with Gasteiger partial charge in [-0.25, -0.2) is 0 Å². The number of para-hydroxylation sites is 4. The van der Waals surface area contributed by atoms with E-state index in [-0.39, 0.29) is 92.0 Å². The second-order valence-electron chi connectivity index (χ2n) is 35.3. The van der Waals surface area contributed by atoms with Crippen LogP contribution in [0.25, 0.3) is 33.4 Å². The third-order valence-corrected chi connectivity index (χ3v) is 27.4. The quantitative estimate of drug-likeness (QED) is 0.0297. The molecule has 0 atom stereocenters. The number of aromatic hydroxyl groups is 16. The molecule has 0 radical (unpaired) electrons. The van der Waals surface area contributed by atoms with E-state index in [1.165, 1.54) is 48.5 Å². The van der Waals surface area contributed by atoms with Crippen molar-refractivity contribution in [1.29, 1.82) is 0 Å². The van der Waals surface area contributed by atoms with Crippen molar-refractivity contribution in [1.82, 2.24) is 0 Å². The molecular formula is C120H102O16. The Morgan fingerprint density at radius 3 is 0.390 bits per heavy atom. The zero-order chi connectivity index (χ0) is 96.2. The predicted octanol–water partition coefficient (Wildman–Crippen LogP) is 25.5. The van der Waals surface area contributed by atoms with Crippen LogP contribution in [0.3, 0.4) is 0 Å². The lowest BCUT2D eigenvalue weighted by Crippen LogP contribution is -2.25. The molecular weight excluding hydrogens is 1700 g/mol. The molecule has 0 unspecified atom stereocenters. The van der Waals surface area contributed by atoms with Crippen LogP contribution >= 0.6 is 0 Å².